The summed E-state index contributed by atoms with van der Waals surface area (Å²) in [6.45, 7) is 12.1. The molecule has 3 rings (SSSR count). The Bertz CT molecular complexity index is 1130. The van der Waals surface area contributed by atoms with Gasteiger partial charge in [0.15, 0.2) is 11.2 Å². The van der Waals surface area contributed by atoms with Crippen LogP contribution in [-0.4, -0.2) is 69.3 Å². The minimum absolute atomic E-state index is 0.0894. The number of carboxylic acid groups (broad SMARTS) is 1. The zero-order valence-corrected chi connectivity index (χ0v) is 17.2. The van der Waals surface area contributed by atoms with Gasteiger partial charge in [-0.25, -0.2) is 11.4 Å². The molecule has 0 aromatic carbocycles. The van der Waals surface area contributed by atoms with Gasteiger partial charge in [0.1, 0.15) is 0 Å². The number of ether oxygens (including phenoxy) is 1. The van der Waals surface area contributed by atoms with Crippen LogP contribution in [0, 0.1) is 18.4 Å². The molecule has 11 nitrogen and oxygen atoms in total. The largest absolute Gasteiger partial charge is 0.490 e. The lowest BCUT2D eigenvalue weighted by Crippen LogP contribution is -2.44. The van der Waals surface area contributed by atoms with Crippen molar-refractivity contribution in [3.63, 3.8) is 0 Å². The molecule has 14 heteroatoms. The van der Waals surface area contributed by atoms with Crippen LogP contribution >= 0.6 is 0 Å². The quantitative estimate of drug-likeness (QED) is 0.504. The van der Waals surface area contributed by atoms with E-state index in [-0.39, 0.29) is 18.3 Å². The number of halogens is 3. The van der Waals surface area contributed by atoms with Crippen LogP contribution in [0.4, 0.5) is 19.1 Å². The second kappa shape index (κ2) is 10.5. The summed E-state index contributed by atoms with van der Waals surface area (Å²) in [6, 6.07) is 0.0894. The first-order valence-electron chi connectivity index (χ1n) is 9.20. The van der Waals surface area contributed by atoms with Crippen LogP contribution in [-0.2, 0) is 18.4 Å². The third-order valence-corrected chi connectivity index (χ3v) is 4.24. The molecule has 0 saturated carbocycles. The number of piperazine rings is 1. The fourth-order valence-corrected chi connectivity index (χ4v) is 2.76. The molecule has 1 saturated heterocycles. The Hall–Kier alpha value is -3.78. The highest BCUT2D eigenvalue weighted by Gasteiger charge is 2.38. The van der Waals surface area contributed by atoms with Gasteiger partial charge in [-0.3, -0.25) is 18.8 Å². The van der Waals surface area contributed by atoms with E-state index >= 15 is 0 Å². The number of nitrogens with zero attached hydrogens (tertiary/aromatic N) is 6. The summed E-state index contributed by atoms with van der Waals surface area (Å²) >= 11 is 0. The molecule has 2 aromatic heterocycles. The van der Waals surface area contributed by atoms with Gasteiger partial charge in [-0.1, -0.05) is 5.92 Å². The summed E-state index contributed by atoms with van der Waals surface area (Å²) in [7, 11) is 1.57. The minimum Gasteiger partial charge on any atom is -0.475 e. The minimum atomic E-state index is -5.08. The molecule has 0 unspecified atom stereocenters. The van der Waals surface area contributed by atoms with Gasteiger partial charge in [-0.05, 0) is 6.92 Å². The van der Waals surface area contributed by atoms with Crippen LogP contribution in [0.1, 0.15) is 6.92 Å². The maximum atomic E-state index is 12.8. The number of imidazole rings is 1. The van der Waals surface area contributed by atoms with Crippen molar-refractivity contribution in [2.24, 2.45) is 7.05 Å². The van der Waals surface area contributed by atoms with Gasteiger partial charge in [0.2, 0.25) is 5.95 Å². The van der Waals surface area contributed by atoms with E-state index in [1.807, 2.05) is 4.57 Å². The Labute approximate surface area is 180 Å². The van der Waals surface area contributed by atoms with Gasteiger partial charge < -0.3 is 20.1 Å². The number of aliphatic carboxylic acids is 1. The SMILES string of the molecule is O=C(O)C(F)(F)F.[C-]#[N+]COc1nc2nc(N3CCNCC3)n(CC#CC)c2c(=O)n1C. The first-order valence-corrected chi connectivity index (χ1v) is 9.20. The summed E-state index contributed by atoms with van der Waals surface area (Å²) in [5.41, 5.74) is 0.445. The summed E-state index contributed by atoms with van der Waals surface area (Å²) in [6.07, 6.45) is -5.08. The van der Waals surface area contributed by atoms with E-state index in [1.54, 1.807) is 14.0 Å². The number of nitrogens with one attached hydrogen (secondary N) is 1. The number of alkyl halides is 3. The Balaban J connectivity index is 0.000000451. The van der Waals surface area contributed by atoms with Crippen molar-refractivity contribution in [3.8, 4) is 17.9 Å². The molecule has 0 spiro atoms. The highest BCUT2D eigenvalue weighted by atomic mass is 19.4. The molecule has 2 N–H and O–H groups in total. The lowest BCUT2D eigenvalue weighted by molar-refractivity contribution is -0.192. The predicted molar refractivity (Wildman–Crippen MR) is 107 cm³/mol. The first-order chi connectivity index (χ1) is 15.1. The number of fused-ring (bicyclic) bond motifs is 1. The lowest BCUT2D eigenvalue weighted by Gasteiger charge is -2.28. The van der Waals surface area contributed by atoms with Crippen molar-refractivity contribution in [3.05, 3.63) is 21.8 Å². The summed E-state index contributed by atoms with van der Waals surface area (Å²) in [5, 5.41) is 10.4. The van der Waals surface area contributed by atoms with Gasteiger partial charge >= 0.3 is 24.9 Å². The van der Waals surface area contributed by atoms with Crippen molar-refractivity contribution in [1.82, 2.24) is 24.4 Å². The smallest absolute Gasteiger partial charge is 0.475 e. The van der Waals surface area contributed by atoms with E-state index in [9.17, 15) is 18.0 Å². The predicted octanol–water partition coefficient (Wildman–Crippen LogP) is 0.452. The van der Waals surface area contributed by atoms with Crippen molar-refractivity contribution in [1.29, 1.82) is 0 Å². The Morgan fingerprint density at radius 2 is 1.97 bits per heavy atom. The zero-order valence-electron chi connectivity index (χ0n) is 17.2. The second-order valence-corrected chi connectivity index (χ2v) is 6.33. The molecule has 0 bridgehead atoms. The number of rotatable bonds is 4. The van der Waals surface area contributed by atoms with Crippen molar-refractivity contribution in [2.75, 3.05) is 37.8 Å². The zero-order chi connectivity index (χ0) is 23.9. The fourth-order valence-electron chi connectivity index (χ4n) is 2.76. The molecule has 1 aliphatic rings. The fraction of sp³-hybridized carbons (Fsp3) is 0.500. The second-order valence-electron chi connectivity index (χ2n) is 6.33. The van der Waals surface area contributed by atoms with E-state index in [0.29, 0.717) is 23.7 Å². The first kappa shape index (κ1) is 24.5. The molecule has 0 radical (unpaired) electrons. The van der Waals surface area contributed by atoms with Crippen molar-refractivity contribution in [2.45, 2.75) is 19.6 Å². The standard InChI is InChI=1S/C16H19N7O2.C2HF3O2/c1-4-5-8-23-12-13(19-15(23)22-9-6-18-7-10-22)20-16(25-11-17-2)21(3)14(12)24;3-2(4,5)1(6)7/h18H,6-11H2,1,3H3;(H,6,7). The summed E-state index contributed by atoms with van der Waals surface area (Å²) in [4.78, 5) is 35.9. The molecular formula is C18H20F3N7O4. The highest BCUT2D eigenvalue weighted by molar-refractivity contribution is 5.75. The molecule has 1 aliphatic heterocycles. The van der Waals surface area contributed by atoms with Crippen molar-refractivity contribution < 1.29 is 27.8 Å². The lowest BCUT2D eigenvalue weighted by atomic mass is 10.4. The number of hydrogen-bond acceptors (Lipinski definition) is 7. The van der Waals surface area contributed by atoms with Crippen LogP contribution < -0.4 is 20.5 Å². The van der Waals surface area contributed by atoms with E-state index in [1.165, 1.54) is 4.57 Å². The number of anilines is 1. The molecule has 1 fully saturated rings. The monoisotopic (exact) mass is 455 g/mol. The molecule has 0 atom stereocenters. The maximum absolute atomic E-state index is 12.8. The molecule has 0 aliphatic carbocycles. The normalized spacial score (nSPS) is 13.4. The number of carboxylic acids is 1. The van der Waals surface area contributed by atoms with Gasteiger partial charge in [-0.15, -0.1) is 5.92 Å². The number of carbonyl (C=O) groups is 1. The number of aromatic nitrogens is 4. The Morgan fingerprint density at radius 3 is 2.50 bits per heavy atom. The Morgan fingerprint density at radius 1 is 1.34 bits per heavy atom. The van der Waals surface area contributed by atoms with Crippen LogP contribution in [0.15, 0.2) is 4.79 Å². The summed E-state index contributed by atoms with van der Waals surface area (Å²) < 4.78 is 40.1. The van der Waals surface area contributed by atoms with Crippen molar-refractivity contribution >= 4 is 23.1 Å². The van der Waals surface area contributed by atoms with E-state index in [4.69, 9.17) is 21.2 Å². The van der Waals surface area contributed by atoms with Gasteiger partial charge in [0, 0.05) is 33.2 Å². The molecule has 32 heavy (non-hydrogen) atoms. The highest BCUT2D eigenvalue weighted by Crippen LogP contribution is 2.21. The van der Waals surface area contributed by atoms with Crippen LogP contribution in [0.5, 0.6) is 6.01 Å². The van der Waals surface area contributed by atoms with Crippen LogP contribution in [0.2, 0.25) is 0 Å². The topological polar surface area (TPSA) is 119 Å². The average Bonchev–Trinajstić information content (AvgIpc) is 3.12. The molecular weight excluding hydrogens is 435 g/mol. The average molecular weight is 455 g/mol. The van der Waals surface area contributed by atoms with Gasteiger partial charge in [-0.2, -0.15) is 23.1 Å². The number of hydrogen-bond donors (Lipinski definition) is 2. The third-order valence-electron chi connectivity index (χ3n) is 4.24. The van der Waals surface area contributed by atoms with E-state index < -0.39 is 12.1 Å². The van der Waals surface area contributed by atoms with Gasteiger partial charge in [0.25, 0.3) is 5.56 Å². The van der Waals surface area contributed by atoms with Crippen LogP contribution in [0.25, 0.3) is 16.0 Å². The van der Waals surface area contributed by atoms with Crippen LogP contribution in [0.3, 0.4) is 0 Å². The van der Waals surface area contributed by atoms with E-state index in [0.717, 1.165) is 26.2 Å². The molecule has 3 heterocycles. The van der Waals surface area contributed by atoms with Gasteiger partial charge in [0.05, 0.1) is 6.54 Å². The summed E-state index contributed by atoms with van der Waals surface area (Å²) in [5.74, 6) is 3.79. The Kier molecular flexibility index (Phi) is 8.03. The molecule has 2 aromatic rings. The molecule has 172 valence electrons. The third kappa shape index (κ3) is 5.67. The molecule has 0 amide bonds. The maximum Gasteiger partial charge on any atom is 0.490 e. The van der Waals surface area contributed by atoms with E-state index in [2.05, 4.69) is 36.9 Å².